The first-order valence-electron chi connectivity index (χ1n) is 8.91. The van der Waals surface area contributed by atoms with E-state index in [1.54, 1.807) is 17.7 Å². The highest BCUT2D eigenvalue weighted by atomic mass is 16.1. The summed E-state index contributed by atoms with van der Waals surface area (Å²) in [4.78, 5) is 11.8. The minimum absolute atomic E-state index is 0.0257. The Bertz CT molecular complexity index is 993. The lowest BCUT2D eigenvalue weighted by Gasteiger charge is -2.22. The highest BCUT2D eigenvalue weighted by Crippen LogP contribution is 2.30. The second-order valence-electron chi connectivity index (χ2n) is 7.14. The Morgan fingerprint density at radius 1 is 1.08 bits per heavy atom. The lowest BCUT2D eigenvalue weighted by atomic mass is 9.99. The molecule has 1 aliphatic rings. The monoisotopic (exact) mass is 336 g/mol. The Labute approximate surface area is 147 Å². The first kappa shape index (κ1) is 16.1. The van der Waals surface area contributed by atoms with Crippen LogP contribution in [0.1, 0.15) is 30.0 Å². The quantitative estimate of drug-likeness (QED) is 0.783. The second kappa shape index (κ2) is 6.15. The molecule has 0 unspecified atom stereocenters. The molecule has 5 nitrogen and oxygen atoms in total. The predicted octanol–water partition coefficient (Wildman–Crippen LogP) is 2.94. The number of benzene rings is 1. The van der Waals surface area contributed by atoms with E-state index in [0.29, 0.717) is 6.04 Å². The summed E-state index contributed by atoms with van der Waals surface area (Å²) < 4.78 is 3.79. The minimum atomic E-state index is 0.0257. The first-order valence-corrected chi connectivity index (χ1v) is 8.91. The van der Waals surface area contributed by atoms with E-state index in [-0.39, 0.29) is 5.56 Å². The van der Waals surface area contributed by atoms with E-state index in [2.05, 4.69) is 35.3 Å². The van der Waals surface area contributed by atoms with Crippen molar-refractivity contribution in [2.24, 2.45) is 7.05 Å². The van der Waals surface area contributed by atoms with Gasteiger partial charge in [-0.3, -0.25) is 9.48 Å². The number of rotatable bonds is 2. The molecular weight excluding hydrogens is 312 g/mol. The third-order valence-electron chi connectivity index (χ3n) is 5.25. The van der Waals surface area contributed by atoms with Crippen LogP contribution in [0.5, 0.6) is 0 Å². The maximum atomic E-state index is 11.8. The van der Waals surface area contributed by atoms with Gasteiger partial charge in [-0.05, 0) is 68.6 Å². The van der Waals surface area contributed by atoms with Crippen molar-refractivity contribution in [1.29, 1.82) is 0 Å². The fourth-order valence-electron chi connectivity index (χ4n) is 3.77. The Morgan fingerprint density at radius 3 is 2.60 bits per heavy atom. The summed E-state index contributed by atoms with van der Waals surface area (Å²) in [6.45, 7) is 6.22. The van der Waals surface area contributed by atoms with Gasteiger partial charge < -0.3 is 9.88 Å². The molecule has 130 valence electrons. The van der Waals surface area contributed by atoms with Crippen molar-refractivity contribution < 1.29 is 0 Å². The Balaban J connectivity index is 1.81. The number of pyridine rings is 1. The van der Waals surface area contributed by atoms with Crippen LogP contribution in [0, 0.1) is 13.8 Å². The number of piperidine rings is 1. The van der Waals surface area contributed by atoms with Gasteiger partial charge in [0.15, 0.2) is 0 Å². The fourth-order valence-corrected chi connectivity index (χ4v) is 3.77. The molecule has 0 amide bonds. The van der Waals surface area contributed by atoms with E-state index >= 15 is 0 Å². The average molecular weight is 336 g/mol. The fraction of sp³-hybridized carbons (Fsp3) is 0.400. The van der Waals surface area contributed by atoms with Gasteiger partial charge in [0.2, 0.25) is 0 Å². The molecule has 1 aliphatic heterocycles. The van der Waals surface area contributed by atoms with Crippen molar-refractivity contribution in [2.45, 2.75) is 32.7 Å². The maximum Gasteiger partial charge on any atom is 0.250 e. The van der Waals surface area contributed by atoms with Crippen LogP contribution in [0.4, 0.5) is 0 Å². The van der Waals surface area contributed by atoms with Crippen LogP contribution >= 0.6 is 0 Å². The van der Waals surface area contributed by atoms with Crippen LogP contribution in [-0.2, 0) is 7.05 Å². The molecule has 25 heavy (non-hydrogen) atoms. The molecule has 0 radical (unpaired) electrons. The van der Waals surface area contributed by atoms with E-state index in [9.17, 15) is 4.79 Å². The first-order chi connectivity index (χ1) is 12.0. The van der Waals surface area contributed by atoms with Gasteiger partial charge in [0.25, 0.3) is 5.56 Å². The molecule has 1 aromatic carbocycles. The van der Waals surface area contributed by atoms with Gasteiger partial charge in [-0.25, -0.2) is 0 Å². The largest absolute Gasteiger partial charge is 0.318 e. The zero-order chi connectivity index (χ0) is 17.6. The highest BCUT2D eigenvalue weighted by molar-refractivity contribution is 5.87. The molecule has 1 N–H and O–H groups in total. The summed E-state index contributed by atoms with van der Waals surface area (Å²) >= 11 is 0. The van der Waals surface area contributed by atoms with Gasteiger partial charge in [0, 0.05) is 36.5 Å². The van der Waals surface area contributed by atoms with Crippen LogP contribution < -0.4 is 10.9 Å². The van der Waals surface area contributed by atoms with Crippen molar-refractivity contribution in [3.8, 4) is 11.1 Å². The van der Waals surface area contributed by atoms with Crippen molar-refractivity contribution in [2.75, 3.05) is 13.1 Å². The maximum absolute atomic E-state index is 11.8. The van der Waals surface area contributed by atoms with Crippen LogP contribution in [0.2, 0.25) is 0 Å². The number of hydrogen-bond acceptors (Lipinski definition) is 3. The molecule has 0 saturated carbocycles. The number of fused-ring (bicyclic) bond motifs is 1. The lowest BCUT2D eigenvalue weighted by molar-refractivity contribution is 0.345. The van der Waals surface area contributed by atoms with E-state index in [1.165, 1.54) is 10.9 Å². The van der Waals surface area contributed by atoms with Gasteiger partial charge in [-0.2, -0.15) is 5.10 Å². The van der Waals surface area contributed by atoms with Gasteiger partial charge in [-0.15, -0.1) is 0 Å². The minimum Gasteiger partial charge on any atom is -0.318 e. The highest BCUT2D eigenvalue weighted by Gasteiger charge is 2.17. The normalized spacial score (nSPS) is 15.8. The van der Waals surface area contributed by atoms with Gasteiger partial charge in [-0.1, -0.05) is 0 Å². The van der Waals surface area contributed by atoms with E-state index in [4.69, 9.17) is 5.10 Å². The number of nitrogens with zero attached hydrogens (tertiary/aromatic N) is 3. The number of nitrogens with one attached hydrogen (secondary N) is 1. The summed E-state index contributed by atoms with van der Waals surface area (Å²) in [6.07, 6.45) is 6.36. The number of hydrogen-bond donors (Lipinski definition) is 1. The molecule has 5 heteroatoms. The summed E-state index contributed by atoms with van der Waals surface area (Å²) in [6, 6.07) is 6.55. The van der Waals surface area contributed by atoms with Gasteiger partial charge in [0.05, 0.1) is 11.6 Å². The second-order valence-corrected chi connectivity index (χ2v) is 7.14. The topological polar surface area (TPSA) is 51.9 Å². The van der Waals surface area contributed by atoms with E-state index in [0.717, 1.165) is 48.1 Å². The Kier molecular flexibility index (Phi) is 3.96. The molecule has 0 spiro atoms. The average Bonchev–Trinajstić information content (AvgIpc) is 3.04. The summed E-state index contributed by atoms with van der Waals surface area (Å²) in [7, 11) is 1.80. The summed E-state index contributed by atoms with van der Waals surface area (Å²) in [5, 5.41) is 9.43. The molecular formula is C20H24N4O. The van der Waals surface area contributed by atoms with Gasteiger partial charge >= 0.3 is 0 Å². The lowest BCUT2D eigenvalue weighted by Crippen LogP contribution is -2.29. The Morgan fingerprint density at radius 2 is 1.84 bits per heavy atom. The van der Waals surface area contributed by atoms with E-state index < -0.39 is 0 Å². The van der Waals surface area contributed by atoms with Crippen LogP contribution in [0.15, 0.2) is 35.4 Å². The number of aromatic nitrogens is 3. The van der Waals surface area contributed by atoms with Crippen LogP contribution in [-0.4, -0.2) is 27.4 Å². The van der Waals surface area contributed by atoms with Crippen molar-refractivity contribution >= 4 is 10.9 Å². The Hall–Kier alpha value is -2.40. The number of aryl methyl sites for hydroxylation is 3. The third-order valence-corrected chi connectivity index (χ3v) is 5.25. The standard InChI is InChI=1S/C20H24N4O/c1-13-9-19(25)23(3)12-18(13)15-8-14(2)20-16(10-15)11-24(22-20)17-4-6-21-7-5-17/h8-12,17,21H,4-7H2,1-3H3. The molecule has 3 heterocycles. The van der Waals surface area contributed by atoms with Crippen molar-refractivity contribution in [1.82, 2.24) is 19.7 Å². The zero-order valence-electron chi connectivity index (χ0n) is 15.0. The zero-order valence-corrected chi connectivity index (χ0v) is 15.0. The molecule has 1 fully saturated rings. The third kappa shape index (κ3) is 2.89. The smallest absolute Gasteiger partial charge is 0.250 e. The molecule has 0 bridgehead atoms. The van der Waals surface area contributed by atoms with Crippen LogP contribution in [0.3, 0.4) is 0 Å². The summed E-state index contributed by atoms with van der Waals surface area (Å²) in [5.74, 6) is 0. The molecule has 1 saturated heterocycles. The van der Waals surface area contributed by atoms with E-state index in [1.807, 2.05) is 13.1 Å². The van der Waals surface area contributed by atoms with Crippen molar-refractivity contribution in [3.63, 3.8) is 0 Å². The molecule has 4 rings (SSSR count). The predicted molar refractivity (Wildman–Crippen MR) is 101 cm³/mol. The molecule has 3 aromatic rings. The van der Waals surface area contributed by atoms with Gasteiger partial charge in [0.1, 0.15) is 0 Å². The molecule has 0 aliphatic carbocycles. The molecule has 2 aromatic heterocycles. The van der Waals surface area contributed by atoms with Crippen molar-refractivity contribution in [3.05, 3.63) is 52.1 Å². The SMILES string of the molecule is Cc1cc(=O)n(C)cc1-c1cc(C)c2nn(C3CCNCC3)cc2c1. The van der Waals surface area contributed by atoms with Crippen LogP contribution in [0.25, 0.3) is 22.0 Å². The molecule has 0 atom stereocenters. The summed E-state index contributed by atoms with van der Waals surface area (Å²) in [5.41, 5.74) is 5.52.